The van der Waals surface area contributed by atoms with Gasteiger partial charge in [0.15, 0.2) is 0 Å². The monoisotopic (exact) mass is 1300 g/mol. The van der Waals surface area contributed by atoms with Crippen molar-refractivity contribution in [3.05, 3.63) is 329 Å². The molecule has 0 radical (unpaired) electrons. The summed E-state index contributed by atoms with van der Waals surface area (Å²) in [7, 11) is 0. The molecule has 0 spiro atoms. The summed E-state index contributed by atoms with van der Waals surface area (Å²) in [5.41, 5.74) is 33.7. The van der Waals surface area contributed by atoms with Crippen LogP contribution in [-0.2, 0) is 32.5 Å². The summed E-state index contributed by atoms with van der Waals surface area (Å²) in [5, 5.41) is 7.55. The molecule has 492 valence electrons. The van der Waals surface area contributed by atoms with E-state index in [2.05, 4.69) is 360 Å². The van der Waals surface area contributed by atoms with Crippen molar-refractivity contribution in [2.45, 2.75) is 128 Å². The lowest BCUT2D eigenvalue weighted by molar-refractivity contribution is 0.298. The fourth-order valence-electron chi connectivity index (χ4n) is 19.3. The van der Waals surface area contributed by atoms with Crippen LogP contribution in [0, 0.1) is 0 Å². The van der Waals surface area contributed by atoms with E-state index < -0.39 is 0 Å². The quantitative estimate of drug-likeness (QED) is 0.171. The van der Waals surface area contributed by atoms with Gasteiger partial charge in [0.1, 0.15) is 11.2 Å². The predicted octanol–water partition coefficient (Wildman–Crippen LogP) is 26.5. The molecule has 3 heteroatoms. The minimum atomic E-state index is -0.176. The summed E-state index contributed by atoms with van der Waals surface area (Å²) in [4.78, 5) is 4.89. The number of fused-ring (bicyclic) bond motifs is 22. The van der Waals surface area contributed by atoms with Crippen LogP contribution in [0.1, 0.15) is 139 Å². The summed E-state index contributed by atoms with van der Waals surface area (Å²) < 4.78 is 6.37. The minimum Gasteiger partial charge on any atom is -0.456 e. The smallest absolute Gasteiger partial charge is 0.137 e. The molecule has 5 aliphatic carbocycles. The zero-order valence-corrected chi connectivity index (χ0v) is 60.0. The number of allylic oxidation sites excluding steroid dienone is 2. The molecule has 1 aliphatic heterocycles. The molecule has 13 aromatic carbocycles. The number of benzene rings is 13. The van der Waals surface area contributed by atoms with E-state index in [0.717, 1.165) is 39.0 Å². The third-order valence-electron chi connectivity index (χ3n) is 26.1. The van der Waals surface area contributed by atoms with Gasteiger partial charge in [0.05, 0.1) is 6.04 Å². The van der Waals surface area contributed by atoms with E-state index in [9.17, 15) is 0 Å². The number of anilines is 5. The third kappa shape index (κ3) is 8.53. The standard InChI is InChI=1S/C49H41NO.C49H43N/c1-47(2)41-26-33(50(32-16-8-7-9-17-32)34-21-23-37-36-18-12-13-19-45(36)51-46(37)27-34)20-22-35(41)39-28-40-38-24-30-14-10-11-15-31(30)25-43(38)48(3,4)49(5,6)44(40)29-42(39)47;1-47(2)41-29-38(30-23-25-31(26-24-30)50-42-21-13-10-16-33(42)34-17-11-14-22-43(34)50)32-15-7-8-18-35(32)44(41)37-27-28-40-45(46(37)47)36-19-9-12-20-39(36)48(3,4)49(40,5)6/h7-29H,1-6H3;7-29,33,42H,1-6H3. The average Bonchev–Trinajstić information content (AvgIpc) is 1.54. The van der Waals surface area contributed by atoms with Crippen LogP contribution in [0.2, 0.25) is 0 Å². The van der Waals surface area contributed by atoms with Crippen LogP contribution >= 0.6 is 0 Å². The first-order valence-corrected chi connectivity index (χ1v) is 36.5. The second kappa shape index (κ2) is 21.4. The molecular formula is C98H84N2O. The first kappa shape index (κ1) is 61.4. The third-order valence-corrected chi connectivity index (χ3v) is 26.1. The zero-order chi connectivity index (χ0) is 69.0. The van der Waals surface area contributed by atoms with E-state index >= 15 is 0 Å². The molecule has 2 atom stereocenters. The largest absolute Gasteiger partial charge is 0.456 e. The number of hydrogen-bond donors (Lipinski definition) is 0. The van der Waals surface area contributed by atoms with Gasteiger partial charge in [-0.2, -0.15) is 0 Å². The molecule has 101 heavy (non-hydrogen) atoms. The van der Waals surface area contributed by atoms with Gasteiger partial charge in [-0.05, 0) is 234 Å². The predicted molar refractivity (Wildman–Crippen MR) is 427 cm³/mol. The van der Waals surface area contributed by atoms with Gasteiger partial charge in [0.25, 0.3) is 0 Å². The molecule has 0 N–H and O–H groups in total. The molecular weight excluding hydrogens is 1220 g/mol. The van der Waals surface area contributed by atoms with Gasteiger partial charge < -0.3 is 14.2 Å². The lowest BCUT2D eigenvalue weighted by Crippen LogP contribution is -2.44. The Labute approximate surface area is 594 Å². The summed E-state index contributed by atoms with van der Waals surface area (Å²) >= 11 is 0. The van der Waals surface area contributed by atoms with Crippen LogP contribution < -0.4 is 9.80 Å². The van der Waals surface area contributed by atoms with Crippen LogP contribution in [0.25, 0.3) is 99.1 Å². The van der Waals surface area contributed by atoms with Crippen molar-refractivity contribution in [2.24, 2.45) is 0 Å². The topological polar surface area (TPSA) is 19.6 Å². The summed E-state index contributed by atoms with van der Waals surface area (Å²) in [6.45, 7) is 29.2. The van der Waals surface area contributed by atoms with Crippen molar-refractivity contribution in [3.8, 4) is 55.6 Å². The summed E-state index contributed by atoms with van der Waals surface area (Å²) in [5.74, 6) is 0.384. The number of hydrogen-bond acceptors (Lipinski definition) is 3. The minimum absolute atomic E-state index is 0.00842. The second-order valence-electron chi connectivity index (χ2n) is 32.7. The zero-order valence-electron chi connectivity index (χ0n) is 60.0. The molecule has 6 aliphatic rings. The Morgan fingerprint density at radius 2 is 0.911 bits per heavy atom. The van der Waals surface area contributed by atoms with E-state index in [0.29, 0.717) is 12.0 Å². The second-order valence-corrected chi connectivity index (χ2v) is 32.7. The van der Waals surface area contributed by atoms with E-state index in [1.165, 1.54) is 139 Å². The molecule has 20 rings (SSSR count). The molecule has 0 saturated heterocycles. The highest BCUT2D eigenvalue weighted by Gasteiger charge is 2.51. The van der Waals surface area contributed by atoms with Gasteiger partial charge in [-0.25, -0.2) is 0 Å². The molecule has 3 nitrogen and oxygen atoms in total. The van der Waals surface area contributed by atoms with E-state index in [1.807, 2.05) is 12.1 Å². The maximum absolute atomic E-state index is 6.37. The van der Waals surface area contributed by atoms with Crippen molar-refractivity contribution in [2.75, 3.05) is 9.80 Å². The molecule has 0 amide bonds. The number of furan rings is 1. The summed E-state index contributed by atoms with van der Waals surface area (Å²) in [6.07, 6.45) is 9.10. The molecule has 0 saturated carbocycles. The number of para-hydroxylation sites is 3. The van der Waals surface area contributed by atoms with Gasteiger partial charge in [0, 0.05) is 62.0 Å². The van der Waals surface area contributed by atoms with Crippen molar-refractivity contribution >= 4 is 71.9 Å². The Morgan fingerprint density at radius 1 is 0.327 bits per heavy atom. The highest BCUT2D eigenvalue weighted by molar-refractivity contribution is 6.11. The SMILES string of the molecule is CC1(C)c2cc(-c3ccc(N4c5ccccc5C5C=CC=CC54)cc3)c3ccccc3c2-c2ccc3c(c21)-c1ccccc1C(C)(C)C3(C)C.CC1(C)c2cc(N(c3ccccc3)c3ccc4c(c3)oc3ccccc34)ccc2-c2cc3c(cc21)C(C)(C)C(C)(C)c1cc2ccccc2cc1-3. The molecule has 2 unspecified atom stereocenters. The highest BCUT2D eigenvalue weighted by atomic mass is 16.3. The average molecular weight is 1310 g/mol. The molecule has 14 aromatic rings. The Hall–Kier alpha value is -10.7. The summed E-state index contributed by atoms with van der Waals surface area (Å²) in [6, 6.07) is 95.7. The normalized spacial score (nSPS) is 18.5. The Morgan fingerprint density at radius 3 is 1.70 bits per heavy atom. The Balaban J connectivity index is 0.000000140. The van der Waals surface area contributed by atoms with E-state index in [-0.39, 0.29) is 32.5 Å². The first-order chi connectivity index (χ1) is 48.6. The lowest BCUT2D eigenvalue weighted by Gasteiger charge is -2.49. The Kier molecular flexibility index (Phi) is 13.0. The van der Waals surface area contributed by atoms with Crippen molar-refractivity contribution in [1.29, 1.82) is 0 Å². The van der Waals surface area contributed by atoms with Crippen molar-refractivity contribution < 1.29 is 4.42 Å². The number of rotatable bonds is 5. The van der Waals surface area contributed by atoms with Crippen LogP contribution in [0.5, 0.6) is 0 Å². The van der Waals surface area contributed by atoms with Crippen LogP contribution in [0.15, 0.2) is 284 Å². The van der Waals surface area contributed by atoms with Gasteiger partial charge in [-0.15, -0.1) is 0 Å². The lowest BCUT2D eigenvalue weighted by atomic mass is 9.54. The van der Waals surface area contributed by atoms with Gasteiger partial charge in [-0.3, -0.25) is 0 Å². The molecule has 0 bridgehead atoms. The van der Waals surface area contributed by atoms with Crippen molar-refractivity contribution in [1.82, 2.24) is 0 Å². The van der Waals surface area contributed by atoms with E-state index in [1.54, 1.807) is 0 Å². The van der Waals surface area contributed by atoms with Crippen LogP contribution in [0.3, 0.4) is 0 Å². The molecule has 0 fully saturated rings. The Bertz CT molecular complexity index is 5920. The van der Waals surface area contributed by atoms with Gasteiger partial charge in [-0.1, -0.05) is 271 Å². The number of nitrogens with zero attached hydrogens (tertiary/aromatic N) is 2. The fourth-order valence-corrected chi connectivity index (χ4v) is 19.3. The maximum atomic E-state index is 6.37. The molecule has 2 heterocycles. The van der Waals surface area contributed by atoms with Gasteiger partial charge >= 0.3 is 0 Å². The van der Waals surface area contributed by atoms with Crippen LogP contribution in [-0.4, -0.2) is 6.04 Å². The van der Waals surface area contributed by atoms with Gasteiger partial charge in [0.2, 0.25) is 0 Å². The van der Waals surface area contributed by atoms with Crippen molar-refractivity contribution in [3.63, 3.8) is 0 Å². The van der Waals surface area contributed by atoms with E-state index in [4.69, 9.17) is 4.42 Å². The maximum Gasteiger partial charge on any atom is 0.137 e. The van der Waals surface area contributed by atoms with Crippen LogP contribution in [0.4, 0.5) is 28.4 Å². The first-order valence-electron chi connectivity index (χ1n) is 36.5. The fraction of sp³-hybridized carbons (Fsp3) is 0.204. The molecule has 1 aromatic heterocycles. The highest BCUT2D eigenvalue weighted by Crippen LogP contribution is 2.64.